The second-order valence-corrected chi connectivity index (χ2v) is 5.30. The van der Waals surface area contributed by atoms with Gasteiger partial charge in [-0.1, -0.05) is 6.07 Å². The lowest BCUT2D eigenvalue weighted by Gasteiger charge is -2.03. The van der Waals surface area contributed by atoms with E-state index in [1.165, 1.54) is 0 Å². The number of hydrogen-bond acceptors (Lipinski definition) is 4. The van der Waals surface area contributed by atoms with Crippen molar-refractivity contribution in [3.63, 3.8) is 0 Å². The van der Waals surface area contributed by atoms with Crippen LogP contribution in [0.4, 0.5) is 5.82 Å². The second-order valence-electron chi connectivity index (χ2n) is 5.30. The van der Waals surface area contributed by atoms with E-state index >= 15 is 0 Å². The maximum Gasteiger partial charge on any atom is 0.260 e. The Labute approximate surface area is 130 Å². The summed E-state index contributed by atoms with van der Waals surface area (Å²) in [4.78, 5) is 12.6. The number of pyridine rings is 1. The first-order chi connectivity index (χ1) is 11.1. The first kappa shape index (κ1) is 13.3. The van der Waals surface area contributed by atoms with E-state index in [4.69, 9.17) is 0 Å². The number of benzene rings is 1. The summed E-state index contributed by atoms with van der Waals surface area (Å²) in [5.74, 6) is 0.269. The Balaban J connectivity index is 1.74. The first-order valence-electron chi connectivity index (χ1n) is 7.05. The molecule has 0 bridgehead atoms. The highest BCUT2D eigenvalue weighted by Crippen LogP contribution is 2.25. The fraction of sp³-hybridized carbons (Fsp3) is 0.0625. The van der Waals surface area contributed by atoms with E-state index in [0.29, 0.717) is 16.9 Å². The Morgan fingerprint density at radius 3 is 3.09 bits per heavy atom. The molecule has 0 aliphatic heterocycles. The van der Waals surface area contributed by atoms with E-state index in [-0.39, 0.29) is 11.7 Å². The van der Waals surface area contributed by atoms with Crippen LogP contribution in [0, 0.1) is 6.92 Å². The van der Waals surface area contributed by atoms with Crippen molar-refractivity contribution in [2.75, 3.05) is 5.32 Å². The number of amides is 1. The van der Waals surface area contributed by atoms with Gasteiger partial charge in [0.2, 0.25) is 0 Å². The smallest absolute Gasteiger partial charge is 0.260 e. The Morgan fingerprint density at radius 1 is 1.35 bits per heavy atom. The topological polar surface area (TPSA) is 95.3 Å². The summed E-state index contributed by atoms with van der Waals surface area (Å²) in [5, 5.41) is 24.1. The van der Waals surface area contributed by atoms with E-state index in [1.54, 1.807) is 35.1 Å². The highest BCUT2D eigenvalue weighted by molar-refractivity contribution is 6.11. The van der Waals surface area contributed by atoms with Crippen molar-refractivity contribution >= 4 is 28.1 Å². The number of carbonyl (C=O) groups is 1. The Kier molecular flexibility index (Phi) is 2.80. The van der Waals surface area contributed by atoms with E-state index in [2.05, 4.69) is 20.6 Å². The molecule has 0 radical (unpaired) electrons. The average Bonchev–Trinajstić information content (AvgIpc) is 3.12. The third-order valence-electron chi connectivity index (χ3n) is 3.77. The lowest BCUT2D eigenvalue weighted by Crippen LogP contribution is -2.12. The number of nitrogens with zero attached hydrogens (tertiary/aromatic N) is 3. The largest absolute Gasteiger partial charge is 0.508 e. The van der Waals surface area contributed by atoms with Crippen molar-refractivity contribution in [3.05, 3.63) is 53.9 Å². The minimum absolute atomic E-state index is 0.136. The molecule has 4 aromatic rings. The number of nitrogens with one attached hydrogen (secondary N) is 2. The quantitative estimate of drug-likeness (QED) is 0.530. The van der Waals surface area contributed by atoms with Crippen molar-refractivity contribution in [3.8, 4) is 5.75 Å². The van der Waals surface area contributed by atoms with Crippen LogP contribution in [0.15, 0.2) is 42.7 Å². The van der Waals surface area contributed by atoms with Crippen LogP contribution >= 0.6 is 0 Å². The third-order valence-corrected chi connectivity index (χ3v) is 3.77. The summed E-state index contributed by atoms with van der Waals surface area (Å²) in [6.07, 6.45) is 3.34. The lowest BCUT2D eigenvalue weighted by atomic mass is 10.1. The molecule has 3 N–H and O–H groups in total. The summed E-state index contributed by atoms with van der Waals surface area (Å²) in [6.45, 7) is 1.93. The molecule has 1 aromatic carbocycles. The Morgan fingerprint density at radius 2 is 2.22 bits per heavy atom. The highest BCUT2D eigenvalue weighted by atomic mass is 16.3. The number of phenols is 1. The monoisotopic (exact) mass is 307 g/mol. The van der Waals surface area contributed by atoms with Crippen LogP contribution in [0.2, 0.25) is 0 Å². The zero-order valence-corrected chi connectivity index (χ0v) is 12.2. The maximum absolute atomic E-state index is 12.6. The fourth-order valence-electron chi connectivity index (χ4n) is 2.66. The predicted molar refractivity (Wildman–Crippen MR) is 85.6 cm³/mol. The summed E-state index contributed by atoms with van der Waals surface area (Å²) >= 11 is 0. The van der Waals surface area contributed by atoms with Gasteiger partial charge in [-0.25, -0.2) is 4.52 Å². The molecule has 0 saturated heterocycles. The SMILES string of the molecule is Cc1cccn2ncc(C(=O)Nc3n[nH]c4cc(O)ccc34)c12. The number of rotatable bonds is 2. The lowest BCUT2D eigenvalue weighted by molar-refractivity contribution is 0.102. The van der Waals surface area contributed by atoms with Crippen LogP contribution in [0.25, 0.3) is 16.4 Å². The fourth-order valence-corrected chi connectivity index (χ4v) is 2.66. The molecule has 0 fully saturated rings. The molecule has 0 aliphatic rings. The molecule has 1 amide bonds. The van der Waals surface area contributed by atoms with Crippen LogP contribution in [0.1, 0.15) is 15.9 Å². The second kappa shape index (κ2) is 4.84. The predicted octanol–water partition coefficient (Wildman–Crippen LogP) is 2.48. The van der Waals surface area contributed by atoms with Gasteiger partial charge in [-0.2, -0.15) is 10.2 Å². The number of H-pyrrole nitrogens is 1. The van der Waals surface area contributed by atoms with Crippen LogP contribution < -0.4 is 5.32 Å². The molecule has 7 nitrogen and oxygen atoms in total. The average molecular weight is 307 g/mol. The van der Waals surface area contributed by atoms with Crippen molar-refractivity contribution < 1.29 is 9.90 Å². The molecular weight excluding hydrogens is 294 g/mol. The number of aromatic hydroxyl groups is 1. The standard InChI is InChI=1S/C16H13N5O2/c1-9-3-2-6-21-14(9)12(8-17-21)16(23)18-15-11-5-4-10(22)7-13(11)19-20-15/h2-8,22H,1H3,(H2,18,19,20,23). The van der Waals surface area contributed by atoms with Gasteiger partial charge < -0.3 is 10.4 Å². The number of aromatic amines is 1. The van der Waals surface area contributed by atoms with E-state index < -0.39 is 0 Å². The molecule has 3 heterocycles. The number of phenolic OH excluding ortho intramolecular Hbond substituents is 1. The summed E-state index contributed by atoms with van der Waals surface area (Å²) in [6, 6.07) is 8.61. The summed E-state index contributed by atoms with van der Waals surface area (Å²) < 4.78 is 1.67. The molecule has 3 aromatic heterocycles. The van der Waals surface area contributed by atoms with Gasteiger partial charge in [-0.3, -0.25) is 9.89 Å². The van der Waals surface area contributed by atoms with Gasteiger partial charge in [0, 0.05) is 17.6 Å². The maximum atomic E-state index is 12.6. The summed E-state index contributed by atoms with van der Waals surface area (Å²) in [5.41, 5.74) is 2.86. The van der Waals surface area contributed by atoms with Crippen molar-refractivity contribution in [1.82, 2.24) is 19.8 Å². The zero-order chi connectivity index (χ0) is 16.0. The van der Waals surface area contributed by atoms with Crippen LogP contribution in [0.5, 0.6) is 5.75 Å². The third kappa shape index (κ3) is 2.10. The van der Waals surface area contributed by atoms with Crippen LogP contribution in [-0.2, 0) is 0 Å². The minimum Gasteiger partial charge on any atom is -0.508 e. The number of hydrogen-bond donors (Lipinski definition) is 3. The molecule has 114 valence electrons. The molecule has 0 atom stereocenters. The molecule has 0 unspecified atom stereocenters. The number of carbonyl (C=O) groups excluding carboxylic acids is 1. The minimum atomic E-state index is -0.282. The first-order valence-corrected chi connectivity index (χ1v) is 7.05. The van der Waals surface area contributed by atoms with E-state index in [9.17, 15) is 9.90 Å². The Bertz CT molecular complexity index is 1050. The van der Waals surface area contributed by atoms with Crippen molar-refractivity contribution in [2.45, 2.75) is 6.92 Å². The van der Waals surface area contributed by atoms with Gasteiger partial charge in [0.1, 0.15) is 5.75 Å². The van der Waals surface area contributed by atoms with Crippen LogP contribution in [0.3, 0.4) is 0 Å². The number of anilines is 1. The van der Waals surface area contributed by atoms with Gasteiger partial charge in [0.05, 0.1) is 22.8 Å². The normalized spacial score (nSPS) is 11.2. The van der Waals surface area contributed by atoms with Gasteiger partial charge >= 0.3 is 0 Å². The molecule has 0 spiro atoms. The van der Waals surface area contributed by atoms with Gasteiger partial charge in [0.15, 0.2) is 5.82 Å². The van der Waals surface area contributed by atoms with Crippen molar-refractivity contribution in [2.24, 2.45) is 0 Å². The van der Waals surface area contributed by atoms with Crippen molar-refractivity contribution in [1.29, 1.82) is 0 Å². The van der Waals surface area contributed by atoms with Crippen LogP contribution in [-0.4, -0.2) is 30.8 Å². The molecule has 4 rings (SSSR count). The number of aryl methyl sites for hydroxylation is 1. The molecule has 0 aliphatic carbocycles. The molecule has 0 saturated carbocycles. The number of aromatic nitrogens is 4. The van der Waals surface area contributed by atoms with Gasteiger partial charge in [-0.05, 0) is 30.7 Å². The molecule has 23 heavy (non-hydrogen) atoms. The Hall–Kier alpha value is -3.35. The number of fused-ring (bicyclic) bond motifs is 2. The van der Waals surface area contributed by atoms with Gasteiger partial charge in [0.25, 0.3) is 5.91 Å². The van der Waals surface area contributed by atoms with E-state index in [1.807, 2.05) is 19.1 Å². The highest BCUT2D eigenvalue weighted by Gasteiger charge is 2.16. The molecular formula is C16H13N5O2. The van der Waals surface area contributed by atoms with E-state index in [0.717, 1.165) is 16.5 Å². The molecule has 7 heteroatoms. The zero-order valence-electron chi connectivity index (χ0n) is 12.2. The van der Waals surface area contributed by atoms with Gasteiger partial charge in [-0.15, -0.1) is 0 Å². The summed E-state index contributed by atoms with van der Waals surface area (Å²) in [7, 11) is 0.